The zero-order chi connectivity index (χ0) is 20.7. The Kier molecular flexibility index (Phi) is 7.45. The largest absolute Gasteiger partial charge is 0.494 e. The van der Waals surface area contributed by atoms with Crippen molar-refractivity contribution >= 4 is 21.6 Å². The van der Waals surface area contributed by atoms with Crippen LogP contribution in [0.4, 0.5) is 5.69 Å². The zero-order valence-corrected chi connectivity index (χ0v) is 17.6. The number of hydrogen-bond acceptors (Lipinski definition) is 4. The molecule has 0 aliphatic heterocycles. The maximum Gasteiger partial charge on any atom is 0.244 e. The van der Waals surface area contributed by atoms with Crippen LogP contribution in [0.1, 0.15) is 31.4 Å². The fourth-order valence-corrected chi connectivity index (χ4v) is 4.24. The molecule has 0 heterocycles. The van der Waals surface area contributed by atoms with Gasteiger partial charge in [-0.15, -0.1) is 0 Å². The second-order valence-electron chi connectivity index (χ2n) is 6.55. The first-order chi connectivity index (χ1) is 13.3. The molecule has 0 saturated carbocycles. The smallest absolute Gasteiger partial charge is 0.244 e. The van der Waals surface area contributed by atoms with Gasteiger partial charge < -0.3 is 10.1 Å². The molecule has 1 N–H and O–H groups in total. The van der Waals surface area contributed by atoms with Crippen molar-refractivity contribution < 1.29 is 17.9 Å². The number of anilines is 1. The van der Waals surface area contributed by atoms with Crippen LogP contribution < -0.4 is 14.4 Å². The van der Waals surface area contributed by atoms with E-state index in [2.05, 4.69) is 5.32 Å². The van der Waals surface area contributed by atoms with Crippen molar-refractivity contribution in [2.75, 3.05) is 17.2 Å². The minimum absolute atomic E-state index is 0.329. The standard InChI is InChI=1S/C21H28N2O4S/c1-5-20(21(24)22-15-17-10-8-7-9-16(17)3)23(28(4,25)26)18-11-13-19(14-12-18)27-6-2/h7-14,20H,5-6,15H2,1-4H3,(H,22,24)/t20-/m0/s1. The van der Waals surface area contributed by atoms with Crippen LogP contribution in [-0.2, 0) is 21.4 Å². The van der Waals surface area contributed by atoms with E-state index in [-0.39, 0.29) is 5.91 Å². The number of carbonyl (C=O) groups is 1. The van der Waals surface area contributed by atoms with Crippen LogP contribution in [0, 0.1) is 6.92 Å². The van der Waals surface area contributed by atoms with Gasteiger partial charge in [0.15, 0.2) is 0 Å². The first kappa shape index (κ1) is 21.8. The summed E-state index contributed by atoms with van der Waals surface area (Å²) in [5, 5.41) is 2.88. The van der Waals surface area contributed by atoms with E-state index >= 15 is 0 Å². The monoisotopic (exact) mass is 404 g/mol. The number of carbonyl (C=O) groups excluding carboxylic acids is 1. The molecule has 0 aliphatic rings. The summed E-state index contributed by atoms with van der Waals surface area (Å²) in [5.74, 6) is 0.321. The minimum Gasteiger partial charge on any atom is -0.494 e. The number of ether oxygens (including phenoxy) is 1. The Morgan fingerprint density at radius 3 is 2.29 bits per heavy atom. The third-order valence-corrected chi connectivity index (χ3v) is 5.63. The number of nitrogens with one attached hydrogen (secondary N) is 1. The molecule has 1 atom stereocenters. The Morgan fingerprint density at radius 1 is 1.11 bits per heavy atom. The Balaban J connectivity index is 2.24. The number of aryl methyl sites for hydroxylation is 1. The zero-order valence-electron chi connectivity index (χ0n) is 16.8. The average Bonchev–Trinajstić information content (AvgIpc) is 2.65. The van der Waals surface area contributed by atoms with Gasteiger partial charge in [-0.2, -0.15) is 0 Å². The molecule has 0 fully saturated rings. The predicted molar refractivity (Wildman–Crippen MR) is 112 cm³/mol. The number of nitrogens with zero attached hydrogens (tertiary/aromatic N) is 1. The molecular weight excluding hydrogens is 376 g/mol. The summed E-state index contributed by atoms with van der Waals surface area (Å²) in [4.78, 5) is 12.8. The summed E-state index contributed by atoms with van der Waals surface area (Å²) in [7, 11) is -3.66. The van der Waals surface area contributed by atoms with Crippen LogP contribution in [0.25, 0.3) is 0 Å². The number of benzene rings is 2. The van der Waals surface area contributed by atoms with Gasteiger partial charge in [-0.05, 0) is 55.7 Å². The van der Waals surface area contributed by atoms with Gasteiger partial charge in [0, 0.05) is 6.54 Å². The summed E-state index contributed by atoms with van der Waals surface area (Å²) in [6, 6.07) is 13.6. The van der Waals surface area contributed by atoms with E-state index in [1.807, 2.05) is 38.1 Å². The van der Waals surface area contributed by atoms with Gasteiger partial charge >= 0.3 is 0 Å². The van der Waals surface area contributed by atoms with Crippen LogP contribution in [0.15, 0.2) is 48.5 Å². The normalized spacial score (nSPS) is 12.3. The molecule has 0 radical (unpaired) electrons. The van der Waals surface area contributed by atoms with Crippen molar-refractivity contribution in [1.82, 2.24) is 5.32 Å². The van der Waals surface area contributed by atoms with Crippen LogP contribution in [-0.4, -0.2) is 33.2 Å². The van der Waals surface area contributed by atoms with Gasteiger partial charge in [0.2, 0.25) is 15.9 Å². The van der Waals surface area contributed by atoms with Crippen molar-refractivity contribution in [3.8, 4) is 5.75 Å². The minimum atomic E-state index is -3.66. The Labute approximate surface area is 167 Å². The molecular formula is C21H28N2O4S. The van der Waals surface area contributed by atoms with Crippen molar-refractivity contribution in [2.45, 2.75) is 39.8 Å². The first-order valence-electron chi connectivity index (χ1n) is 9.32. The van der Waals surface area contributed by atoms with Crippen molar-refractivity contribution in [3.05, 3.63) is 59.7 Å². The highest BCUT2D eigenvalue weighted by Crippen LogP contribution is 2.25. The molecule has 2 aromatic carbocycles. The van der Waals surface area contributed by atoms with Gasteiger partial charge in [0.05, 0.1) is 18.6 Å². The van der Waals surface area contributed by atoms with Crippen LogP contribution >= 0.6 is 0 Å². The van der Waals surface area contributed by atoms with Gasteiger partial charge in [0.1, 0.15) is 11.8 Å². The van der Waals surface area contributed by atoms with Crippen molar-refractivity contribution in [2.24, 2.45) is 0 Å². The molecule has 2 rings (SSSR count). The SMILES string of the molecule is CCOc1ccc(N([C@@H](CC)C(=O)NCc2ccccc2C)S(C)(=O)=O)cc1. The molecule has 7 heteroatoms. The molecule has 1 amide bonds. The lowest BCUT2D eigenvalue weighted by Crippen LogP contribution is -2.49. The van der Waals surface area contributed by atoms with Crippen LogP contribution in [0.5, 0.6) is 5.75 Å². The highest BCUT2D eigenvalue weighted by molar-refractivity contribution is 7.92. The quantitative estimate of drug-likeness (QED) is 0.696. The van der Waals surface area contributed by atoms with E-state index in [1.165, 1.54) is 4.31 Å². The predicted octanol–water partition coefficient (Wildman–Crippen LogP) is 3.25. The second kappa shape index (κ2) is 9.59. The van der Waals surface area contributed by atoms with E-state index < -0.39 is 16.1 Å². The molecule has 0 aliphatic carbocycles. The molecule has 0 saturated heterocycles. The van der Waals surface area contributed by atoms with Gasteiger partial charge in [-0.25, -0.2) is 8.42 Å². The molecule has 0 aromatic heterocycles. The number of rotatable bonds is 9. The summed E-state index contributed by atoms with van der Waals surface area (Å²) in [5.41, 5.74) is 2.50. The van der Waals surface area contributed by atoms with Gasteiger partial charge in [0.25, 0.3) is 0 Å². The summed E-state index contributed by atoms with van der Waals surface area (Å²) in [6.45, 7) is 6.52. The Hall–Kier alpha value is -2.54. The van der Waals surface area contributed by atoms with E-state index in [0.717, 1.165) is 17.4 Å². The third kappa shape index (κ3) is 5.48. The summed E-state index contributed by atoms with van der Waals surface area (Å²) in [6.07, 6.45) is 1.46. The van der Waals surface area contributed by atoms with E-state index in [1.54, 1.807) is 31.2 Å². The summed E-state index contributed by atoms with van der Waals surface area (Å²) >= 11 is 0. The molecule has 152 valence electrons. The van der Waals surface area contributed by atoms with Crippen molar-refractivity contribution in [3.63, 3.8) is 0 Å². The molecule has 0 spiro atoms. The molecule has 6 nitrogen and oxygen atoms in total. The lowest BCUT2D eigenvalue weighted by Gasteiger charge is -2.30. The third-order valence-electron chi connectivity index (χ3n) is 4.45. The van der Waals surface area contributed by atoms with Crippen molar-refractivity contribution in [1.29, 1.82) is 0 Å². The molecule has 0 unspecified atom stereocenters. The molecule has 28 heavy (non-hydrogen) atoms. The topological polar surface area (TPSA) is 75.7 Å². The lowest BCUT2D eigenvalue weighted by atomic mass is 10.1. The maximum atomic E-state index is 12.8. The second-order valence-corrected chi connectivity index (χ2v) is 8.41. The highest BCUT2D eigenvalue weighted by Gasteiger charge is 2.31. The average molecular weight is 405 g/mol. The van der Waals surface area contributed by atoms with Crippen LogP contribution in [0.3, 0.4) is 0 Å². The molecule has 2 aromatic rings. The lowest BCUT2D eigenvalue weighted by molar-refractivity contribution is -0.122. The number of amides is 1. The van der Waals surface area contributed by atoms with Gasteiger partial charge in [-0.1, -0.05) is 31.2 Å². The highest BCUT2D eigenvalue weighted by atomic mass is 32.2. The Morgan fingerprint density at radius 2 is 1.75 bits per heavy atom. The van der Waals surface area contributed by atoms with Gasteiger partial charge in [-0.3, -0.25) is 9.10 Å². The van der Waals surface area contributed by atoms with E-state index in [4.69, 9.17) is 4.74 Å². The fourth-order valence-electron chi connectivity index (χ4n) is 3.02. The maximum absolute atomic E-state index is 12.8. The number of hydrogen-bond donors (Lipinski definition) is 1. The Bertz CT molecular complexity index is 895. The fraction of sp³-hybridized carbons (Fsp3) is 0.381. The van der Waals surface area contributed by atoms with E-state index in [9.17, 15) is 13.2 Å². The van der Waals surface area contributed by atoms with E-state index in [0.29, 0.717) is 31.0 Å². The summed E-state index contributed by atoms with van der Waals surface area (Å²) < 4.78 is 31.6. The first-order valence-corrected chi connectivity index (χ1v) is 11.2. The van der Waals surface area contributed by atoms with Crippen LogP contribution in [0.2, 0.25) is 0 Å². The number of sulfonamides is 1. The molecule has 0 bridgehead atoms.